The summed E-state index contributed by atoms with van der Waals surface area (Å²) in [5.74, 6) is -1.14. The molecule has 194 valence electrons. The maximum absolute atomic E-state index is 15.4. The van der Waals surface area contributed by atoms with E-state index in [2.05, 4.69) is 20.8 Å². The lowest BCUT2D eigenvalue weighted by Gasteiger charge is -2.38. The molecule has 0 radical (unpaired) electrons. The van der Waals surface area contributed by atoms with Gasteiger partial charge in [-0.15, -0.1) is 0 Å². The van der Waals surface area contributed by atoms with Crippen molar-refractivity contribution in [2.75, 3.05) is 5.06 Å². The number of halogens is 3. The number of benzene rings is 4. The van der Waals surface area contributed by atoms with Gasteiger partial charge in [-0.05, 0) is 40.3 Å². The van der Waals surface area contributed by atoms with Crippen LogP contribution in [0, 0.1) is 0 Å². The Morgan fingerprint density at radius 3 is 1.58 bits per heavy atom. The topological polar surface area (TPSA) is 12.5 Å². The minimum absolute atomic E-state index is 0.0837. The van der Waals surface area contributed by atoms with Gasteiger partial charge in [-0.2, -0.15) is 13.2 Å². The Kier molecular flexibility index (Phi) is 6.66. The Bertz CT molecular complexity index is 1350. The van der Waals surface area contributed by atoms with E-state index in [1.165, 1.54) is 11.1 Å². The van der Waals surface area contributed by atoms with Gasteiger partial charge in [0.15, 0.2) is 0 Å². The summed E-state index contributed by atoms with van der Waals surface area (Å²) in [6.07, 6.45) is -3.47. The van der Waals surface area contributed by atoms with Crippen LogP contribution in [0.1, 0.15) is 48.9 Å². The Morgan fingerprint density at radius 1 is 0.658 bits per heavy atom. The normalized spacial score (nSPS) is 18.1. The fourth-order valence-corrected chi connectivity index (χ4v) is 5.00. The number of hydroxylamine groups is 1. The molecule has 1 atom stereocenters. The highest BCUT2D eigenvalue weighted by molar-refractivity contribution is 5.81. The van der Waals surface area contributed by atoms with Gasteiger partial charge in [-0.1, -0.05) is 124 Å². The first-order valence-corrected chi connectivity index (χ1v) is 12.6. The average molecular weight is 514 g/mol. The fraction of sp³-hybridized carbons (Fsp3) is 0.212. The second-order valence-electron chi connectivity index (χ2n) is 10.6. The highest BCUT2D eigenvalue weighted by Crippen LogP contribution is 2.54. The molecule has 0 bridgehead atoms. The lowest BCUT2D eigenvalue weighted by molar-refractivity contribution is -0.257. The third-order valence-corrected chi connectivity index (χ3v) is 6.99. The van der Waals surface area contributed by atoms with Crippen molar-refractivity contribution in [1.29, 1.82) is 0 Å². The van der Waals surface area contributed by atoms with Crippen molar-refractivity contribution in [2.24, 2.45) is 0 Å². The summed E-state index contributed by atoms with van der Waals surface area (Å²) in [6.45, 7) is 6.32. The van der Waals surface area contributed by atoms with Gasteiger partial charge in [-0.25, -0.2) is 9.90 Å². The van der Waals surface area contributed by atoms with Crippen LogP contribution in [0.3, 0.4) is 0 Å². The van der Waals surface area contributed by atoms with Crippen LogP contribution in [0.5, 0.6) is 0 Å². The van der Waals surface area contributed by atoms with Crippen molar-refractivity contribution in [3.05, 3.63) is 144 Å². The van der Waals surface area contributed by atoms with E-state index in [0.717, 1.165) is 5.56 Å². The number of anilines is 1. The molecule has 0 spiro atoms. The molecule has 4 aromatic rings. The SMILES string of the molecule is CC(C)(C)c1ccc(C2=CC(C(c3ccccc3)c3ccccc3)(C(F)(F)F)ON2c2ccccc2)cc1. The smallest absolute Gasteiger partial charge is 0.247 e. The molecule has 38 heavy (non-hydrogen) atoms. The largest absolute Gasteiger partial charge is 0.424 e. The molecule has 0 fully saturated rings. The third kappa shape index (κ3) is 4.74. The summed E-state index contributed by atoms with van der Waals surface area (Å²) in [5, 5.41) is 1.33. The molecule has 0 N–H and O–H groups in total. The quantitative estimate of drug-likeness (QED) is 0.264. The summed E-state index contributed by atoms with van der Waals surface area (Å²) in [7, 11) is 0. The molecular formula is C33H30F3NO. The van der Waals surface area contributed by atoms with Crippen LogP contribution in [0.15, 0.2) is 121 Å². The number of rotatable bonds is 5. The van der Waals surface area contributed by atoms with Gasteiger partial charge < -0.3 is 0 Å². The average Bonchev–Trinajstić information content (AvgIpc) is 3.32. The standard InChI is InChI=1S/C33H30F3NO/c1-31(2,3)27-21-19-24(20-22-27)29-23-32(33(34,35)36,38-37(29)28-17-11-6-12-18-28)30(25-13-7-4-8-14-25)26-15-9-5-10-16-26/h4-23,30H,1-3H3. The first kappa shape index (κ1) is 25.8. The lowest BCUT2D eigenvalue weighted by atomic mass is 9.76. The van der Waals surface area contributed by atoms with E-state index in [0.29, 0.717) is 28.1 Å². The summed E-state index contributed by atoms with van der Waals surface area (Å²) >= 11 is 0. The first-order valence-electron chi connectivity index (χ1n) is 12.6. The zero-order valence-corrected chi connectivity index (χ0v) is 21.6. The number of hydrogen-bond acceptors (Lipinski definition) is 2. The predicted octanol–water partition coefficient (Wildman–Crippen LogP) is 8.91. The van der Waals surface area contributed by atoms with E-state index in [9.17, 15) is 0 Å². The van der Waals surface area contributed by atoms with Crippen LogP contribution in [0.25, 0.3) is 5.70 Å². The van der Waals surface area contributed by atoms with Crippen LogP contribution in [-0.4, -0.2) is 11.8 Å². The summed E-state index contributed by atoms with van der Waals surface area (Å²) in [6, 6.07) is 34.2. The molecule has 1 heterocycles. The van der Waals surface area contributed by atoms with E-state index in [-0.39, 0.29) is 5.41 Å². The minimum atomic E-state index is -4.73. The molecule has 0 saturated carbocycles. The maximum atomic E-state index is 15.4. The second-order valence-corrected chi connectivity index (χ2v) is 10.6. The summed E-state index contributed by atoms with van der Waals surface area (Å²) < 4.78 is 46.3. The van der Waals surface area contributed by atoms with Crippen LogP contribution < -0.4 is 5.06 Å². The molecule has 0 amide bonds. The van der Waals surface area contributed by atoms with Crippen molar-refractivity contribution in [3.8, 4) is 0 Å². The van der Waals surface area contributed by atoms with E-state index >= 15 is 13.2 Å². The van der Waals surface area contributed by atoms with Crippen LogP contribution in [0.4, 0.5) is 18.9 Å². The van der Waals surface area contributed by atoms with E-state index in [1.807, 2.05) is 30.3 Å². The molecule has 1 aliphatic rings. The molecule has 0 aromatic heterocycles. The second kappa shape index (κ2) is 9.80. The van der Waals surface area contributed by atoms with Crippen LogP contribution >= 0.6 is 0 Å². The Morgan fingerprint density at radius 2 is 1.13 bits per heavy atom. The van der Waals surface area contributed by atoms with Crippen molar-refractivity contribution in [1.82, 2.24) is 0 Å². The minimum Gasteiger partial charge on any atom is -0.247 e. The van der Waals surface area contributed by atoms with Gasteiger partial charge >= 0.3 is 6.18 Å². The Balaban J connectivity index is 1.75. The Labute approximate surface area is 222 Å². The maximum Gasteiger partial charge on any atom is 0.424 e. The molecule has 5 rings (SSSR count). The zero-order chi connectivity index (χ0) is 27.0. The monoisotopic (exact) mass is 513 g/mol. The molecule has 0 aliphatic carbocycles. The first-order chi connectivity index (χ1) is 18.1. The Hall–Kier alpha value is -3.83. The number of hydrogen-bond donors (Lipinski definition) is 0. The highest BCUT2D eigenvalue weighted by atomic mass is 19.4. The van der Waals surface area contributed by atoms with Crippen molar-refractivity contribution in [3.63, 3.8) is 0 Å². The molecule has 0 saturated heterocycles. The molecule has 4 aromatic carbocycles. The molecule has 2 nitrogen and oxygen atoms in total. The van der Waals surface area contributed by atoms with Crippen molar-refractivity contribution in [2.45, 2.75) is 43.9 Å². The number of para-hydroxylation sites is 1. The summed E-state index contributed by atoms with van der Waals surface area (Å²) in [5.41, 5.74) is 0.918. The number of nitrogens with zero attached hydrogens (tertiary/aromatic N) is 1. The molecular weight excluding hydrogens is 483 g/mol. The van der Waals surface area contributed by atoms with Gasteiger partial charge in [0.1, 0.15) is 0 Å². The van der Waals surface area contributed by atoms with Gasteiger partial charge in [0.05, 0.1) is 17.3 Å². The van der Waals surface area contributed by atoms with E-state index in [1.54, 1.807) is 84.9 Å². The zero-order valence-electron chi connectivity index (χ0n) is 21.6. The van der Waals surface area contributed by atoms with Gasteiger partial charge in [0.25, 0.3) is 0 Å². The number of alkyl halides is 3. The fourth-order valence-electron chi connectivity index (χ4n) is 5.00. The third-order valence-electron chi connectivity index (χ3n) is 6.99. The molecule has 1 unspecified atom stereocenters. The van der Waals surface area contributed by atoms with Gasteiger partial charge in [-0.3, -0.25) is 0 Å². The van der Waals surface area contributed by atoms with E-state index < -0.39 is 17.7 Å². The van der Waals surface area contributed by atoms with Crippen LogP contribution in [0.2, 0.25) is 0 Å². The lowest BCUT2D eigenvalue weighted by Crippen LogP contribution is -2.51. The van der Waals surface area contributed by atoms with Gasteiger partial charge in [0.2, 0.25) is 5.60 Å². The molecule has 5 heteroatoms. The van der Waals surface area contributed by atoms with Gasteiger partial charge in [0, 0.05) is 5.56 Å². The van der Waals surface area contributed by atoms with Crippen molar-refractivity contribution >= 4 is 11.4 Å². The van der Waals surface area contributed by atoms with Crippen molar-refractivity contribution < 1.29 is 18.0 Å². The van der Waals surface area contributed by atoms with Crippen LogP contribution in [-0.2, 0) is 10.3 Å². The highest BCUT2D eigenvalue weighted by Gasteiger charge is 2.65. The van der Waals surface area contributed by atoms with E-state index in [4.69, 9.17) is 4.84 Å². The molecule has 1 aliphatic heterocycles. The predicted molar refractivity (Wildman–Crippen MR) is 147 cm³/mol. The summed E-state index contributed by atoms with van der Waals surface area (Å²) in [4.78, 5) is 6.15.